The van der Waals surface area contributed by atoms with E-state index in [9.17, 15) is 0 Å². The molecular weight excluding hydrogens is 377 g/mol. The number of nitrogens with two attached hydrogens (primary N) is 1. The van der Waals surface area contributed by atoms with Crippen molar-refractivity contribution >= 4 is 47.1 Å². The van der Waals surface area contributed by atoms with E-state index in [4.69, 9.17) is 22.7 Å². The van der Waals surface area contributed by atoms with Gasteiger partial charge in [-0.15, -0.1) is 0 Å². The second-order valence-corrected chi connectivity index (χ2v) is 7.62. The molecule has 0 saturated carbocycles. The van der Waals surface area contributed by atoms with E-state index in [0.717, 1.165) is 40.9 Å². The number of para-hydroxylation sites is 1. The average Bonchev–Trinajstić information content (AvgIpc) is 3.01. The Morgan fingerprint density at radius 1 is 1.13 bits per heavy atom. The molecular formula is C15H15N5OSSe. The quantitative estimate of drug-likeness (QED) is 0.528. The third-order valence-electron chi connectivity index (χ3n) is 3.76. The number of ether oxygens (including phenoxy) is 1. The summed E-state index contributed by atoms with van der Waals surface area (Å²) >= 11 is 5.48. The fourth-order valence-electron chi connectivity index (χ4n) is 2.61. The van der Waals surface area contributed by atoms with Crippen LogP contribution in [0.1, 0.15) is 0 Å². The fraction of sp³-hybridized carbons (Fsp3) is 0.267. The van der Waals surface area contributed by atoms with Crippen LogP contribution in [0, 0.1) is 4.77 Å². The van der Waals surface area contributed by atoms with Crippen LogP contribution in [0.5, 0.6) is 0 Å². The van der Waals surface area contributed by atoms with E-state index in [1.807, 2.05) is 34.9 Å². The van der Waals surface area contributed by atoms with Crippen LogP contribution in [-0.4, -0.2) is 55.3 Å². The van der Waals surface area contributed by atoms with Gasteiger partial charge in [-0.1, -0.05) is 0 Å². The number of morpholine rings is 1. The van der Waals surface area contributed by atoms with Crippen LogP contribution in [0.3, 0.4) is 0 Å². The first-order valence-corrected chi connectivity index (χ1v) is 9.43. The second-order valence-electron chi connectivity index (χ2n) is 5.20. The normalized spacial score (nSPS) is 15.2. The number of hydrogen-bond acceptors (Lipinski definition) is 6. The third-order valence-corrected chi connectivity index (χ3v) is 6.40. The van der Waals surface area contributed by atoms with Gasteiger partial charge in [0.1, 0.15) is 0 Å². The molecule has 6 nitrogen and oxygen atoms in total. The van der Waals surface area contributed by atoms with Crippen molar-refractivity contribution in [1.82, 2.24) is 14.5 Å². The Labute approximate surface area is 144 Å². The van der Waals surface area contributed by atoms with Crippen LogP contribution in [0.4, 0.5) is 10.5 Å². The predicted molar refractivity (Wildman–Crippen MR) is 94.1 cm³/mol. The number of aromatic nitrogens is 3. The van der Waals surface area contributed by atoms with E-state index in [2.05, 4.69) is 14.9 Å². The molecule has 0 unspecified atom stereocenters. The van der Waals surface area contributed by atoms with Gasteiger partial charge in [-0.2, -0.15) is 0 Å². The summed E-state index contributed by atoms with van der Waals surface area (Å²) in [6.45, 7) is 3.22. The SMILES string of the molecule is Nc1c2[se]c(N3CCOCC3)nc2nc(=S)n1-c1ccccc1. The monoisotopic (exact) mass is 393 g/mol. The van der Waals surface area contributed by atoms with E-state index in [0.29, 0.717) is 16.2 Å². The Balaban J connectivity index is 1.86. The third kappa shape index (κ3) is 2.68. The molecule has 1 aromatic carbocycles. The Bertz CT molecular complexity index is 901. The number of nitrogens with zero attached hydrogens (tertiary/aromatic N) is 4. The van der Waals surface area contributed by atoms with Crippen molar-refractivity contribution in [3.8, 4) is 5.69 Å². The molecule has 0 amide bonds. The van der Waals surface area contributed by atoms with E-state index >= 15 is 0 Å². The van der Waals surface area contributed by atoms with Crippen molar-refractivity contribution in [1.29, 1.82) is 0 Å². The number of fused-ring (bicyclic) bond motifs is 1. The Morgan fingerprint density at radius 2 is 1.87 bits per heavy atom. The van der Waals surface area contributed by atoms with Gasteiger partial charge in [0.2, 0.25) is 0 Å². The van der Waals surface area contributed by atoms with Crippen molar-refractivity contribution in [2.45, 2.75) is 0 Å². The van der Waals surface area contributed by atoms with Crippen molar-refractivity contribution in [2.75, 3.05) is 36.9 Å². The molecule has 23 heavy (non-hydrogen) atoms. The van der Waals surface area contributed by atoms with Crippen LogP contribution in [0.25, 0.3) is 15.6 Å². The van der Waals surface area contributed by atoms with Gasteiger partial charge in [0, 0.05) is 0 Å². The molecule has 1 fully saturated rings. The summed E-state index contributed by atoms with van der Waals surface area (Å²) in [5.41, 5.74) is 8.03. The minimum absolute atomic E-state index is 0.0450. The van der Waals surface area contributed by atoms with Crippen molar-refractivity contribution in [3.05, 3.63) is 35.1 Å². The summed E-state index contributed by atoms with van der Waals surface area (Å²) in [6, 6.07) is 9.85. The van der Waals surface area contributed by atoms with Gasteiger partial charge in [0.05, 0.1) is 0 Å². The maximum atomic E-state index is 6.41. The first-order valence-electron chi connectivity index (χ1n) is 7.31. The van der Waals surface area contributed by atoms with Gasteiger partial charge in [-0.3, -0.25) is 0 Å². The summed E-state index contributed by atoms with van der Waals surface area (Å²) in [4.78, 5) is 11.4. The number of hydrogen-bond donors (Lipinski definition) is 1. The summed E-state index contributed by atoms with van der Waals surface area (Å²) in [5, 5.41) is 0. The van der Waals surface area contributed by atoms with Crippen LogP contribution in [0.2, 0.25) is 0 Å². The molecule has 1 aliphatic rings. The first-order chi connectivity index (χ1) is 11.2. The molecule has 2 aromatic heterocycles. The Kier molecular flexibility index (Phi) is 3.90. The standard InChI is InChI=1S/C15H15N5OSSe/c16-12-11-13(18-15(23-11)19-6-8-21-9-7-19)17-14(22)20(12)10-4-2-1-3-5-10/h1-5H,6-9,16H2. The molecule has 0 radical (unpaired) electrons. The number of nitrogen functional groups attached to an aromatic ring is 1. The topological polar surface area (TPSA) is 69.2 Å². The van der Waals surface area contributed by atoms with Gasteiger partial charge >= 0.3 is 144 Å². The summed E-state index contributed by atoms with van der Waals surface area (Å²) < 4.78 is 9.75. The molecule has 0 atom stereocenters. The van der Waals surface area contributed by atoms with Gasteiger partial charge in [0.15, 0.2) is 0 Å². The molecule has 1 aliphatic heterocycles. The number of anilines is 2. The van der Waals surface area contributed by atoms with Crippen LogP contribution >= 0.6 is 12.2 Å². The van der Waals surface area contributed by atoms with Crippen molar-refractivity contribution in [3.63, 3.8) is 0 Å². The molecule has 1 saturated heterocycles. The zero-order chi connectivity index (χ0) is 15.8. The van der Waals surface area contributed by atoms with Crippen LogP contribution < -0.4 is 10.6 Å². The Hall–Kier alpha value is -1.73. The molecule has 0 aliphatic carbocycles. The molecule has 2 N–H and O–H groups in total. The van der Waals surface area contributed by atoms with Gasteiger partial charge in [-0.25, -0.2) is 0 Å². The molecule has 3 heterocycles. The molecule has 0 bridgehead atoms. The Morgan fingerprint density at radius 3 is 2.61 bits per heavy atom. The van der Waals surface area contributed by atoms with Crippen LogP contribution in [0.15, 0.2) is 30.3 Å². The number of benzene rings is 1. The zero-order valence-corrected chi connectivity index (χ0v) is 14.8. The van der Waals surface area contributed by atoms with Gasteiger partial charge in [0.25, 0.3) is 0 Å². The minimum atomic E-state index is 0.0450. The molecule has 118 valence electrons. The van der Waals surface area contributed by atoms with Crippen LogP contribution in [-0.2, 0) is 4.74 Å². The first kappa shape index (κ1) is 14.8. The van der Waals surface area contributed by atoms with E-state index in [1.165, 1.54) is 0 Å². The zero-order valence-electron chi connectivity index (χ0n) is 12.3. The predicted octanol–water partition coefficient (Wildman–Crippen LogP) is 1.63. The average molecular weight is 392 g/mol. The molecule has 8 heteroatoms. The van der Waals surface area contributed by atoms with E-state index in [1.54, 1.807) is 0 Å². The van der Waals surface area contributed by atoms with Gasteiger partial charge < -0.3 is 0 Å². The van der Waals surface area contributed by atoms with Gasteiger partial charge in [-0.05, 0) is 0 Å². The summed E-state index contributed by atoms with van der Waals surface area (Å²) in [7, 11) is 0. The summed E-state index contributed by atoms with van der Waals surface area (Å²) in [6.07, 6.45) is 0. The maximum absolute atomic E-state index is 6.41. The molecule has 4 rings (SSSR count). The van der Waals surface area contributed by atoms with Crippen molar-refractivity contribution in [2.24, 2.45) is 0 Å². The molecule has 3 aromatic rings. The van der Waals surface area contributed by atoms with E-state index in [-0.39, 0.29) is 14.5 Å². The summed E-state index contributed by atoms with van der Waals surface area (Å²) in [5.74, 6) is 0.651. The fourth-order valence-corrected chi connectivity index (χ4v) is 5.00. The van der Waals surface area contributed by atoms with Crippen molar-refractivity contribution < 1.29 is 4.74 Å². The number of rotatable bonds is 2. The second kappa shape index (κ2) is 6.05. The molecule has 0 spiro atoms. The van der Waals surface area contributed by atoms with E-state index < -0.39 is 0 Å².